The Morgan fingerprint density at radius 2 is 1.65 bits per heavy atom. The van der Waals surface area contributed by atoms with E-state index in [2.05, 4.69) is 27.0 Å². The molecule has 4 aromatic rings. The van der Waals surface area contributed by atoms with Gasteiger partial charge in [-0.05, 0) is 55.8 Å². The highest BCUT2D eigenvalue weighted by Gasteiger charge is 2.12. The van der Waals surface area contributed by atoms with Gasteiger partial charge in [-0.1, -0.05) is 36.4 Å². The van der Waals surface area contributed by atoms with E-state index in [-0.39, 0.29) is 5.91 Å². The molecule has 4 rings (SSSR count). The minimum absolute atomic E-state index is 0.110. The number of aromatic nitrogens is 2. The van der Waals surface area contributed by atoms with Crippen molar-refractivity contribution >= 4 is 22.6 Å². The van der Waals surface area contributed by atoms with E-state index >= 15 is 0 Å². The summed E-state index contributed by atoms with van der Waals surface area (Å²) < 4.78 is 2.11. The zero-order valence-electron chi connectivity index (χ0n) is 14.7. The maximum Gasteiger partial charge on any atom is 0.255 e. The van der Waals surface area contributed by atoms with Gasteiger partial charge in [-0.3, -0.25) is 9.36 Å². The highest BCUT2D eigenvalue weighted by Crippen LogP contribution is 2.24. The number of aryl methyl sites for hydroxylation is 2. The molecule has 0 saturated heterocycles. The maximum absolute atomic E-state index is 12.5. The second-order valence-electron chi connectivity index (χ2n) is 6.30. The maximum atomic E-state index is 12.5. The SMILES string of the molecule is Cc1ccccc1C(=O)Nc1ccc2c(c1)nc(C)n2-c1ccccc1. The van der Waals surface area contributed by atoms with Gasteiger partial charge in [-0.15, -0.1) is 0 Å². The monoisotopic (exact) mass is 341 g/mol. The van der Waals surface area contributed by atoms with Gasteiger partial charge in [0.1, 0.15) is 5.82 Å². The molecular weight excluding hydrogens is 322 g/mol. The Hall–Kier alpha value is -3.40. The average molecular weight is 341 g/mol. The van der Waals surface area contributed by atoms with Crippen LogP contribution in [0.15, 0.2) is 72.8 Å². The van der Waals surface area contributed by atoms with Gasteiger partial charge in [0.25, 0.3) is 5.91 Å². The molecule has 26 heavy (non-hydrogen) atoms. The second kappa shape index (κ2) is 6.48. The highest BCUT2D eigenvalue weighted by molar-refractivity contribution is 6.05. The number of benzene rings is 3. The molecule has 0 unspecified atom stereocenters. The molecule has 4 nitrogen and oxygen atoms in total. The van der Waals surface area contributed by atoms with Crippen LogP contribution in [0.25, 0.3) is 16.7 Å². The first-order chi connectivity index (χ1) is 12.6. The molecule has 0 aliphatic heterocycles. The quantitative estimate of drug-likeness (QED) is 0.576. The molecule has 0 bridgehead atoms. The fourth-order valence-electron chi connectivity index (χ4n) is 3.21. The number of amides is 1. The van der Waals surface area contributed by atoms with Crippen LogP contribution in [-0.2, 0) is 0 Å². The van der Waals surface area contributed by atoms with E-state index in [1.54, 1.807) is 0 Å². The molecular formula is C22H19N3O. The first-order valence-electron chi connectivity index (χ1n) is 8.55. The fraction of sp³-hybridized carbons (Fsp3) is 0.0909. The van der Waals surface area contributed by atoms with E-state index in [0.29, 0.717) is 5.56 Å². The molecule has 0 atom stereocenters. The topological polar surface area (TPSA) is 46.9 Å². The van der Waals surface area contributed by atoms with E-state index in [9.17, 15) is 4.79 Å². The van der Waals surface area contributed by atoms with Gasteiger partial charge in [0, 0.05) is 16.9 Å². The number of nitrogens with zero attached hydrogens (tertiary/aromatic N) is 2. The van der Waals surface area contributed by atoms with Gasteiger partial charge < -0.3 is 5.32 Å². The van der Waals surface area contributed by atoms with Crippen molar-refractivity contribution in [3.63, 3.8) is 0 Å². The zero-order chi connectivity index (χ0) is 18.1. The van der Waals surface area contributed by atoms with Gasteiger partial charge in [-0.2, -0.15) is 0 Å². The van der Waals surface area contributed by atoms with Crippen LogP contribution in [-0.4, -0.2) is 15.5 Å². The van der Waals surface area contributed by atoms with E-state index < -0.39 is 0 Å². The van der Waals surface area contributed by atoms with E-state index in [4.69, 9.17) is 0 Å². The summed E-state index contributed by atoms with van der Waals surface area (Å²) in [5.74, 6) is 0.801. The lowest BCUT2D eigenvalue weighted by Crippen LogP contribution is -2.13. The fourth-order valence-corrected chi connectivity index (χ4v) is 3.21. The highest BCUT2D eigenvalue weighted by atomic mass is 16.1. The summed E-state index contributed by atoms with van der Waals surface area (Å²) in [5.41, 5.74) is 5.32. The molecule has 0 aliphatic carbocycles. The number of carbonyl (C=O) groups excluding carboxylic acids is 1. The van der Waals surface area contributed by atoms with Crippen LogP contribution in [0, 0.1) is 13.8 Å². The number of para-hydroxylation sites is 1. The first-order valence-corrected chi connectivity index (χ1v) is 8.55. The van der Waals surface area contributed by atoms with Gasteiger partial charge in [0.15, 0.2) is 0 Å². The summed E-state index contributed by atoms with van der Waals surface area (Å²) in [6.45, 7) is 3.92. The Bertz CT molecular complexity index is 1100. The molecule has 1 N–H and O–H groups in total. The minimum atomic E-state index is -0.110. The van der Waals surface area contributed by atoms with Gasteiger partial charge in [0.05, 0.1) is 11.0 Å². The van der Waals surface area contributed by atoms with Crippen LogP contribution >= 0.6 is 0 Å². The van der Waals surface area contributed by atoms with Crippen LogP contribution in [0.2, 0.25) is 0 Å². The predicted octanol–water partition coefficient (Wildman–Crippen LogP) is 4.89. The Morgan fingerprint density at radius 1 is 0.923 bits per heavy atom. The third-order valence-electron chi connectivity index (χ3n) is 4.48. The van der Waals surface area contributed by atoms with Crippen LogP contribution in [0.1, 0.15) is 21.7 Å². The first kappa shape index (κ1) is 16.1. The van der Waals surface area contributed by atoms with Crippen molar-refractivity contribution in [3.05, 3.63) is 89.7 Å². The third-order valence-corrected chi connectivity index (χ3v) is 4.48. The summed E-state index contributed by atoms with van der Waals surface area (Å²) in [4.78, 5) is 17.2. The lowest BCUT2D eigenvalue weighted by molar-refractivity contribution is 0.102. The largest absolute Gasteiger partial charge is 0.322 e. The zero-order valence-corrected chi connectivity index (χ0v) is 14.7. The summed E-state index contributed by atoms with van der Waals surface area (Å²) in [6, 6.07) is 23.5. The molecule has 0 spiro atoms. The third kappa shape index (κ3) is 2.86. The number of hydrogen-bond donors (Lipinski definition) is 1. The van der Waals surface area contributed by atoms with E-state index in [1.165, 1.54) is 0 Å². The molecule has 1 amide bonds. The number of anilines is 1. The number of imidazole rings is 1. The summed E-state index contributed by atoms with van der Waals surface area (Å²) >= 11 is 0. The smallest absolute Gasteiger partial charge is 0.255 e. The van der Waals surface area contributed by atoms with Crippen molar-refractivity contribution in [2.45, 2.75) is 13.8 Å². The molecule has 128 valence electrons. The lowest BCUT2D eigenvalue weighted by atomic mass is 10.1. The predicted molar refractivity (Wildman–Crippen MR) is 105 cm³/mol. The van der Waals surface area contributed by atoms with Gasteiger partial charge in [-0.25, -0.2) is 4.98 Å². The minimum Gasteiger partial charge on any atom is -0.322 e. The number of hydrogen-bond acceptors (Lipinski definition) is 2. The molecule has 0 saturated carbocycles. The number of rotatable bonds is 3. The summed E-state index contributed by atoms with van der Waals surface area (Å²) in [6.07, 6.45) is 0. The van der Waals surface area contributed by atoms with Gasteiger partial charge in [0.2, 0.25) is 0 Å². The van der Waals surface area contributed by atoms with Gasteiger partial charge >= 0.3 is 0 Å². The normalized spacial score (nSPS) is 10.8. The molecule has 0 aliphatic rings. The molecule has 4 heteroatoms. The lowest BCUT2D eigenvalue weighted by Gasteiger charge is -2.09. The van der Waals surface area contributed by atoms with Crippen molar-refractivity contribution in [2.75, 3.05) is 5.32 Å². The Morgan fingerprint density at radius 3 is 2.42 bits per heavy atom. The van der Waals surface area contributed by atoms with Crippen molar-refractivity contribution in [3.8, 4) is 5.69 Å². The number of fused-ring (bicyclic) bond motifs is 1. The molecule has 1 aromatic heterocycles. The number of nitrogens with one attached hydrogen (secondary N) is 1. The van der Waals surface area contributed by atoms with E-state index in [1.807, 2.05) is 74.5 Å². The van der Waals surface area contributed by atoms with Crippen molar-refractivity contribution in [1.29, 1.82) is 0 Å². The van der Waals surface area contributed by atoms with E-state index in [0.717, 1.165) is 33.8 Å². The molecule has 1 heterocycles. The van der Waals surface area contributed by atoms with Crippen molar-refractivity contribution < 1.29 is 4.79 Å². The van der Waals surface area contributed by atoms with Crippen LogP contribution in [0.4, 0.5) is 5.69 Å². The molecule has 3 aromatic carbocycles. The van der Waals surface area contributed by atoms with Crippen LogP contribution < -0.4 is 5.32 Å². The molecule has 0 radical (unpaired) electrons. The Balaban J connectivity index is 1.69. The Kier molecular flexibility index (Phi) is 4.01. The summed E-state index contributed by atoms with van der Waals surface area (Å²) in [7, 11) is 0. The van der Waals surface area contributed by atoms with Crippen LogP contribution in [0.3, 0.4) is 0 Å². The standard InChI is InChI=1S/C22H19N3O/c1-15-8-6-7-11-19(15)22(26)24-17-12-13-21-20(14-17)23-16(2)25(21)18-9-4-3-5-10-18/h3-14H,1-2H3,(H,24,26). The van der Waals surface area contributed by atoms with Crippen molar-refractivity contribution in [2.24, 2.45) is 0 Å². The molecule has 0 fully saturated rings. The average Bonchev–Trinajstić information content (AvgIpc) is 2.97. The van der Waals surface area contributed by atoms with Crippen LogP contribution in [0.5, 0.6) is 0 Å². The summed E-state index contributed by atoms with van der Waals surface area (Å²) in [5, 5.41) is 2.97. The van der Waals surface area contributed by atoms with Crippen molar-refractivity contribution in [1.82, 2.24) is 9.55 Å². The number of carbonyl (C=O) groups is 1. The Labute approximate surface area is 152 Å². The second-order valence-corrected chi connectivity index (χ2v) is 6.30.